The van der Waals surface area contributed by atoms with Crippen molar-refractivity contribution in [2.75, 3.05) is 0 Å². The van der Waals surface area contributed by atoms with Crippen molar-refractivity contribution in [3.63, 3.8) is 0 Å². The number of nitrogens with one attached hydrogen (secondary N) is 2. The molecule has 164 valence electrons. The number of nitrogens with zero attached hydrogens (tertiary/aromatic N) is 1. The van der Waals surface area contributed by atoms with E-state index in [0.29, 0.717) is 6.54 Å². The Morgan fingerprint density at radius 3 is 2.23 bits per heavy atom. The van der Waals surface area contributed by atoms with Crippen LogP contribution in [0.2, 0.25) is 0 Å². The summed E-state index contributed by atoms with van der Waals surface area (Å²) in [6.07, 6.45) is 0. The van der Waals surface area contributed by atoms with Gasteiger partial charge in [0.1, 0.15) is 6.04 Å². The molecule has 1 heterocycles. The summed E-state index contributed by atoms with van der Waals surface area (Å²) < 4.78 is 28.0. The number of aryl methyl sites for hydroxylation is 2. The van der Waals surface area contributed by atoms with Crippen molar-refractivity contribution in [3.8, 4) is 11.3 Å². The van der Waals surface area contributed by atoms with Crippen LogP contribution in [0.1, 0.15) is 30.0 Å². The maximum atomic E-state index is 12.8. The average Bonchev–Trinajstić information content (AvgIpc) is 3.17. The standard InChI is InChI=1S/C23H27N3O3S2/c1-15(2)22(26-31(28,29)20-11-5-16(3)6-12-20)23(27)24-13-18-7-9-19(10-8-18)21-14-30-17(4)25-21/h5-12,14-15,22,26H,13H2,1-4H3,(H,24,27)/t22-/m0/s1. The molecule has 1 aromatic heterocycles. The minimum Gasteiger partial charge on any atom is -0.351 e. The van der Waals surface area contributed by atoms with Crippen LogP contribution in [0.5, 0.6) is 0 Å². The van der Waals surface area contributed by atoms with E-state index in [2.05, 4.69) is 15.0 Å². The van der Waals surface area contributed by atoms with Gasteiger partial charge in [0.25, 0.3) is 0 Å². The molecule has 0 aliphatic carbocycles. The molecule has 1 atom stereocenters. The highest BCUT2D eigenvalue weighted by Gasteiger charge is 2.28. The monoisotopic (exact) mass is 457 g/mol. The van der Waals surface area contributed by atoms with E-state index in [1.807, 2.05) is 57.3 Å². The molecule has 0 saturated heterocycles. The number of carbonyl (C=O) groups excluding carboxylic acids is 1. The Kier molecular flexibility index (Phi) is 7.25. The maximum absolute atomic E-state index is 12.8. The lowest BCUT2D eigenvalue weighted by Crippen LogP contribution is -2.49. The van der Waals surface area contributed by atoms with Gasteiger partial charge in [-0.15, -0.1) is 11.3 Å². The smallest absolute Gasteiger partial charge is 0.241 e. The summed E-state index contributed by atoms with van der Waals surface area (Å²) >= 11 is 1.60. The molecule has 0 aliphatic heterocycles. The van der Waals surface area contributed by atoms with Gasteiger partial charge in [0.2, 0.25) is 15.9 Å². The largest absolute Gasteiger partial charge is 0.351 e. The van der Waals surface area contributed by atoms with Crippen LogP contribution in [0.4, 0.5) is 0 Å². The first-order chi connectivity index (χ1) is 14.7. The zero-order chi connectivity index (χ0) is 22.6. The second kappa shape index (κ2) is 9.72. The molecule has 2 aromatic carbocycles. The Bertz CT molecular complexity index is 1140. The van der Waals surface area contributed by atoms with Gasteiger partial charge >= 0.3 is 0 Å². The van der Waals surface area contributed by atoms with E-state index in [9.17, 15) is 13.2 Å². The Labute approximate surface area is 187 Å². The first-order valence-corrected chi connectivity index (χ1v) is 12.4. The van der Waals surface area contributed by atoms with Crippen molar-refractivity contribution in [1.29, 1.82) is 0 Å². The fraction of sp³-hybridized carbons (Fsp3) is 0.304. The minimum absolute atomic E-state index is 0.143. The summed E-state index contributed by atoms with van der Waals surface area (Å²) in [4.78, 5) is 17.4. The molecule has 0 fully saturated rings. The van der Waals surface area contributed by atoms with E-state index in [1.54, 1.807) is 35.6 Å². The molecule has 3 aromatic rings. The summed E-state index contributed by atoms with van der Waals surface area (Å²) in [5.41, 5.74) is 3.84. The van der Waals surface area contributed by atoms with Crippen LogP contribution >= 0.6 is 11.3 Å². The normalized spacial score (nSPS) is 12.7. The van der Waals surface area contributed by atoms with Gasteiger partial charge in [-0.05, 0) is 37.5 Å². The summed E-state index contributed by atoms with van der Waals surface area (Å²) in [6, 6.07) is 13.5. The molecular formula is C23H27N3O3S2. The fourth-order valence-electron chi connectivity index (χ4n) is 3.03. The second-order valence-electron chi connectivity index (χ2n) is 7.82. The first-order valence-electron chi connectivity index (χ1n) is 10.0. The highest BCUT2D eigenvalue weighted by atomic mass is 32.2. The van der Waals surface area contributed by atoms with E-state index < -0.39 is 16.1 Å². The highest BCUT2D eigenvalue weighted by Crippen LogP contribution is 2.22. The van der Waals surface area contributed by atoms with Gasteiger partial charge in [0.05, 0.1) is 15.6 Å². The number of sulfonamides is 1. The van der Waals surface area contributed by atoms with Gasteiger partial charge in [0, 0.05) is 17.5 Å². The molecule has 6 nitrogen and oxygen atoms in total. The molecular weight excluding hydrogens is 430 g/mol. The Hall–Kier alpha value is -2.55. The van der Waals surface area contributed by atoms with Crippen LogP contribution in [0, 0.1) is 19.8 Å². The SMILES string of the molecule is Cc1ccc(S(=O)(=O)N[C@H](C(=O)NCc2ccc(-c3csc(C)n3)cc2)C(C)C)cc1. The number of hydrogen-bond donors (Lipinski definition) is 2. The van der Waals surface area contributed by atoms with Crippen LogP contribution in [0.3, 0.4) is 0 Å². The highest BCUT2D eigenvalue weighted by molar-refractivity contribution is 7.89. The number of aromatic nitrogens is 1. The minimum atomic E-state index is -3.80. The lowest BCUT2D eigenvalue weighted by molar-refractivity contribution is -0.123. The topological polar surface area (TPSA) is 88.2 Å². The van der Waals surface area contributed by atoms with Crippen LogP contribution in [0.25, 0.3) is 11.3 Å². The van der Waals surface area contributed by atoms with Crippen LogP contribution < -0.4 is 10.0 Å². The van der Waals surface area contributed by atoms with Crippen LogP contribution in [-0.2, 0) is 21.4 Å². The van der Waals surface area contributed by atoms with E-state index in [4.69, 9.17) is 0 Å². The van der Waals surface area contributed by atoms with Gasteiger partial charge in [0.15, 0.2) is 0 Å². The quantitative estimate of drug-likeness (QED) is 0.534. The molecule has 3 rings (SSSR count). The summed E-state index contributed by atoms with van der Waals surface area (Å²) in [5.74, 6) is -0.569. The zero-order valence-electron chi connectivity index (χ0n) is 18.0. The van der Waals surface area contributed by atoms with E-state index in [0.717, 1.165) is 27.4 Å². The van der Waals surface area contributed by atoms with E-state index in [-0.39, 0.29) is 16.7 Å². The Morgan fingerprint density at radius 2 is 1.68 bits per heavy atom. The molecule has 31 heavy (non-hydrogen) atoms. The van der Waals surface area contributed by atoms with Gasteiger partial charge in [-0.2, -0.15) is 4.72 Å². The molecule has 0 radical (unpaired) electrons. The second-order valence-corrected chi connectivity index (χ2v) is 10.6. The number of benzene rings is 2. The summed E-state index contributed by atoms with van der Waals surface area (Å²) in [6.45, 7) is 7.79. The molecule has 0 unspecified atom stereocenters. The van der Waals surface area contributed by atoms with Crippen molar-refractivity contribution in [2.24, 2.45) is 5.92 Å². The number of rotatable bonds is 8. The number of carbonyl (C=O) groups is 1. The zero-order valence-corrected chi connectivity index (χ0v) is 19.7. The predicted octanol–water partition coefficient (Wildman–Crippen LogP) is 4.05. The predicted molar refractivity (Wildman–Crippen MR) is 124 cm³/mol. The first kappa shape index (κ1) is 23.1. The van der Waals surface area contributed by atoms with Crippen molar-refractivity contribution in [2.45, 2.75) is 45.2 Å². The molecule has 0 aliphatic rings. The molecule has 0 bridgehead atoms. The lowest BCUT2D eigenvalue weighted by atomic mass is 10.0. The molecule has 0 saturated carbocycles. The summed E-state index contributed by atoms with van der Waals surface area (Å²) in [7, 11) is -3.80. The maximum Gasteiger partial charge on any atom is 0.241 e. The molecule has 8 heteroatoms. The van der Waals surface area contributed by atoms with Gasteiger partial charge < -0.3 is 5.32 Å². The van der Waals surface area contributed by atoms with Crippen molar-refractivity contribution >= 4 is 27.3 Å². The fourth-order valence-corrected chi connectivity index (χ4v) is 5.00. The third-order valence-electron chi connectivity index (χ3n) is 4.90. The molecule has 1 amide bonds. The number of amides is 1. The van der Waals surface area contributed by atoms with Gasteiger partial charge in [-0.3, -0.25) is 4.79 Å². The van der Waals surface area contributed by atoms with Crippen LogP contribution in [-0.4, -0.2) is 25.4 Å². The lowest BCUT2D eigenvalue weighted by Gasteiger charge is -2.22. The number of hydrogen-bond acceptors (Lipinski definition) is 5. The summed E-state index contributed by atoms with van der Waals surface area (Å²) in [5, 5.41) is 5.87. The molecule has 0 spiro atoms. The molecule has 2 N–H and O–H groups in total. The third kappa shape index (κ3) is 6.00. The Balaban J connectivity index is 1.64. The van der Waals surface area contributed by atoms with Crippen molar-refractivity contribution in [3.05, 3.63) is 70.0 Å². The number of thiazole rings is 1. The van der Waals surface area contributed by atoms with Gasteiger partial charge in [-0.25, -0.2) is 13.4 Å². The van der Waals surface area contributed by atoms with Crippen molar-refractivity contribution in [1.82, 2.24) is 15.0 Å². The van der Waals surface area contributed by atoms with E-state index in [1.165, 1.54) is 0 Å². The average molecular weight is 458 g/mol. The third-order valence-corrected chi connectivity index (χ3v) is 7.13. The van der Waals surface area contributed by atoms with Crippen LogP contribution in [0.15, 0.2) is 58.8 Å². The van der Waals surface area contributed by atoms with E-state index >= 15 is 0 Å². The Morgan fingerprint density at radius 1 is 1.03 bits per heavy atom. The van der Waals surface area contributed by atoms with Crippen molar-refractivity contribution < 1.29 is 13.2 Å². The van der Waals surface area contributed by atoms with Gasteiger partial charge in [-0.1, -0.05) is 55.8 Å².